The van der Waals surface area contributed by atoms with Gasteiger partial charge in [0.15, 0.2) is 0 Å². The van der Waals surface area contributed by atoms with Gasteiger partial charge >= 0.3 is 0 Å². The van der Waals surface area contributed by atoms with Crippen molar-refractivity contribution in [3.8, 4) is 0 Å². The Morgan fingerprint density at radius 1 is 1.03 bits per heavy atom. The van der Waals surface area contributed by atoms with E-state index in [9.17, 15) is 13.2 Å². The maximum absolute atomic E-state index is 13.1. The smallest absolute Gasteiger partial charge is 0.243 e. The van der Waals surface area contributed by atoms with Crippen molar-refractivity contribution in [3.63, 3.8) is 0 Å². The minimum atomic E-state index is -3.47. The molecule has 0 aromatic heterocycles. The zero-order valence-corrected chi connectivity index (χ0v) is 17.8. The highest BCUT2D eigenvalue weighted by atomic mass is 32.2. The molecule has 1 saturated carbocycles. The molecule has 1 atom stereocenters. The minimum absolute atomic E-state index is 0. The van der Waals surface area contributed by atoms with Crippen LogP contribution in [0.1, 0.15) is 84.6 Å². The second kappa shape index (κ2) is 12.5. The summed E-state index contributed by atoms with van der Waals surface area (Å²) < 4.78 is 27.7. The normalized spacial score (nSPS) is 21.0. The molecule has 1 aliphatic carbocycles. The molecule has 2 aliphatic rings. The van der Waals surface area contributed by atoms with Gasteiger partial charge in [-0.3, -0.25) is 4.79 Å². The van der Waals surface area contributed by atoms with E-state index in [1.165, 1.54) is 19.3 Å². The number of hydrogen-bond donors (Lipinski definition) is 1. The summed E-state index contributed by atoms with van der Waals surface area (Å²) in [5.41, 5.74) is 0.947. The zero-order valence-electron chi connectivity index (χ0n) is 17.0. The van der Waals surface area contributed by atoms with Crippen molar-refractivity contribution in [2.45, 2.75) is 96.9 Å². The number of rotatable bonds is 6. The lowest BCUT2D eigenvalue weighted by atomic mass is 9.90. The van der Waals surface area contributed by atoms with Crippen LogP contribution < -0.4 is 5.32 Å². The fourth-order valence-corrected chi connectivity index (χ4v) is 6.38. The Labute approximate surface area is 184 Å². The Morgan fingerprint density at radius 2 is 1.70 bits per heavy atom. The van der Waals surface area contributed by atoms with Gasteiger partial charge in [0.25, 0.3) is 0 Å². The Morgan fingerprint density at radius 3 is 2.37 bits per heavy atom. The topological polar surface area (TPSA) is 66.5 Å². The first-order chi connectivity index (χ1) is 13.5. The summed E-state index contributed by atoms with van der Waals surface area (Å²) in [5.74, 6) is 0.295. The number of nitrogens with one attached hydrogen (secondary N) is 1. The van der Waals surface area contributed by atoms with Crippen molar-refractivity contribution in [2.24, 2.45) is 5.92 Å². The zero-order chi connectivity index (χ0) is 20.0. The second-order valence-electron chi connectivity index (χ2n) is 8.35. The van der Waals surface area contributed by atoms with Crippen molar-refractivity contribution in [3.05, 3.63) is 29.8 Å². The van der Waals surface area contributed by atoms with E-state index >= 15 is 0 Å². The van der Waals surface area contributed by atoms with Crippen LogP contribution in [0.4, 0.5) is 0 Å². The van der Waals surface area contributed by atoms with E-state index in [0.717, 1.165) is 44.1 Å². The number of aryl methyl sites for hydroxylation is 1. The molecule has 1 aromatic rings. The molecule has 1 amide bonds. The number of hydrogen-bond acceptors (Lipinski definition) is 3. The number of benzene rings is 1. The van der Waals surface area contributed by atoms with E-state index in [0.29, 0.717) is 24.4 Å². The average molecular weight is 439 g/mol. The van der Waals surface area contributed by atoms with E-state index in [2.05, 4.69) is 5.32 Å². The van der Waals surface area contributed by atoms with Crippen LogP contribution in [0.3, 0.4) is 0 Å². The molecule has 172 valence electrons. The monoisotopic (exact) mass is 438 g/mol. The van der Waals surface area contributed by atoms with E-state index in [1.54, 1.807) is 22.5 Å². The van der Waals surface area contributed by atoms with Gasteiger partial charge in [0.05, 0.1) is 4.90 Å². The van der Waals surface area contributed by atoms with Crippen molar-refractivity contribution in [1.82, 2.24) is 9.62 Å². The van der Waals surface area contributed by atoms with Gasteiger partial charge in [0.1, 0.15) is 0 Å². The molecule has 5 nitrogen and oxygen atoms in total. The standard InChI is InChI=1S/C22H34N2O3S.2CH4/c1-18-9-7-13-21(17-18)28(26,27)24-16-8-12-20(24)14-15-23-22(25)19-10-5-3-2-4-6-11-19;;/h7,9,13,17,19-20H,2-6,8,10-12,14-16H2,1H3,(H,23,25);2*1H4. The van der Waals surface area contributed by atoms with Gasteiger partial charge in [0, 0.05) is 25.0 Å². The molecule has 1 unspecified atom stereocenters. The maximum Gasteiger partial charge on any atom is 0.243 e. The van der Waals surface area contributed by atoms with E-state index in [4.69, 9.17) is 0 Å². The first kappa shape index (κ1) is 26.6. The van der Waals surface area contributed by atoms with E-state index in [1.807, 2.05) is 13.0 Å². The highest BCUT2D eigenvalue weighted by Gasteiger charge is 2.35. The second-order valence-corrected chi connectivity index (χ2v) is 10.2. The third-order valence-corrected chi connectivity index (χ3v) is 8.12. The van der Waals surface area contributed by atoms with Crippen molar-refractivity contribution >= 4 is 15.9 Å². The first-order valence-corrected chi connectivity index (χ1v) is 12.3. The largest absolute Gasteiger partial charge is 0.356 e. The van der Waals surface area contributed by atoms with Crippen LogP contribution in [-0.4, -0.2) is 37.8 Å². The minimum Gasteiger partial charge on any atom is -0.356 e. The SMILES string of the molecule is C.C.Cc1cccc(S(=O)(=O)N2CCCC2CCNC(=O)C2CCCCCCC2)c1. The number of carbonyl (C=O) groups is 1. The van der Waals surface area contributed by atoms with Gasteiger partial charge in [-0.2, -0.15) is 4.31 Å². The predicted molar refractivity (Wildman–Crippen MR) is 125 cm³/mol. The summed E-state index contributed by atoms with van der Waals surface area (Å²) in [6.07, 6.45) is 10.5. The lowest BCUT2D eigenvalue weighted by molar-refractivity contribution is -0.125. The third kappa shape index (κ3) is 6.81. The van der Waals surface area contributed by atoms with Gasteiger partial charge in [0.2, 0.25) is 15.9 Å². The quantitative estimate of drug-likeness (QED) is 0.656. The lowest BCUT2D eigenvalue weighted by Crippen LogP contribution is -2.39. The molecular weight excluding hydrogens is 396 g/mol. The Bertz CT molecular complexity index is 755. The third-order valence-electron chi connectivity index (χ3n) is 6.17. The summed E-state index contributed by atoms with van der Waals surface area (Å²) in [7, 11) is -3.47. The van der Waals surface area contributed by atoms with Gasteiger partial charge in [-0.25, -0.2) is 8.42 Å². The molecule has 1 heterocycles. The number of sulfonamides is 1. The molecule has 2 fully saturated rings. The average Bonchev–Trinajstić information content (AvgIpc) is 3.10. The fraction of sp³-hybridized carbons (Fsp3) is 0.708. The molecule has 0 radical (unpaired) electrons. The van der Waals surface area contributed by atoms with Crippen molar-refractivity contribution in [2.75, 3.05) is 13.1 Å². The van der Waals surface area contributed by atoms with Crippen LogP contribution in [0.5, 0.6) is 0 Å². The van der Waals surface area contributed by atoms with Gasteiger partial charge in [-0.15, -0.1) is 0 Å². The van der Waals surface area contributed by atoms with E-state index < -0.39 is 10.0 Å². The maximum atomic E-state index is 13.1. The van der Waals surface area contributed by atoms with E-state index in [-0.39, 0.29) is 32.7 Å². The molecule has 1 aliphatic heterocycles. The van der Waals surface area contributed by atoms with Crippen LogP contribution in [-0.2, 0) is 14.8 Å². The highest BCUT2D eigenvalue weighted by Crippen LogP contribution is 2.28. The van der Waals surface area contributed by atoms with Gasteiger partial charge < -0.3 is 5.32 Å². The summed E-state index contributed by atoms with van der Waals surface area (Å²) in [6.45, 7) is 3.03. The molecule has 1 saturated heterocycles. The van der Waals surface area contributed by atoms with Gasteiger partial charge in [-0.1, -0.05) is 59.1 Å². The van der Waals surface area contributed by atoms with Crippen molar-refractivity contribution in [1.29, 1.82) is 0 Å². The molecule has 1 N–H and O–H groups in total. The van der Waals surface area contributed by atoms with Crippen LogP contribution >= 0.6 is 0 Å². The number of amides is 1. The van der Waals surface area contributed by atoms with Gasteiger partial charge in [-0.05, 0) is 56.7 Å². The summed E-state index contributed by atoms with van der Waals surface area (Å²) >= 11 is 0. The lowest BCUT2D eigenvalue weighted by Gasteiger charge is -2.25. The molecule has 30 heavy (non-hydrogen) atoms. The molecule has 6 heteroatoms. The Balaban J connectivity index is 0.00000225. The number of carbonyl (C=O) groups excluding carboxylic acids is 1. The van der Waals surface area contributed by atoms with Crippen LogP contribution in [0.15, 0.2) is 29.2 Å². The Hall–Kier alpha value is -1.40. The fourth-order valence-electron chi connectivity index (χ4n) is 4.55. The highest BCUT2D eigenvalue weighted by molar-refractivity contribution is 7.89. The molecule has 3 rings (SSSR count). The van der Waals surface area contributed by atoms with Crippen LogP contribution in [0.2, 0.25) is 0 Å². The molecule has 0 spiro atoms. The summed E-state index contributed by atoms with van der Waals surface area (Å²) in [4.78, 5) is 12.9. The van der Waals surface area contributed by atoms with Crippen LogP contribution in [0, 0.1) is 12.8 Å². The van der Waals surface area contributed by atoms with Crippen molar-refractivity contribution < 1.29 is 13.2 Å². The Kier molecular flexibility index (Phi) is 11.1. The number of nitrogens with zero attached hydrogens (tertiary/aromatic N) is 1. The predicted octanol–water partition coefficient (Wildman–Crippen LogP) is 5.29. The summed E-state index contributed by atoms with van der Waals surface area (Å²) in [5, 5.41) is 3.09. The van der Waals surface area contributed by atoms with Crippen LogP contribution in [0.25, 0.3) is 0 Å². The first-order valence-electron chi connectivity index (χ1n) is 10.8. The molecular formula is C24H42N2O3S. The molecule has 0 bridgehead atoms. The molecule has 1 aromatic carbocycles. The summed E-state index contributed by atoms with van der Waals surface area (Å²) in [6, 6.07) is 7.09.